The highest BCUT2D eigenvalue weighted by atomic mass is 35.5. The molecule has 1 saturated carbocycles. The van der Waals surface area contributed by atoms with E-state index in [0.717, 1.165) is 35.2 Å². The topological polar surface area (TPSA) is 68.0 Å². The quantitative estimate of drug-likeness (QED) is 0.895. The van der Waals surface area contributed by atoms with Crippen molar-refractivity contribution in [3.63, 3.8) is 0 Å². The molecule has 1 fully saturated rings. The van der Waals surface area contributed by atoms with Crippen LogP contribution in [0.2, 0.25) is 0 Å². The van der Waals surface area contributed by atoms with Crippen LogP contribution in [0.5, 0.6) is 0 Å². The van der Waals surface area contributed by atoms with Crippen molar-refractivity contribution in [3.8, 4) is 0 Å². The number of nitrogens with two attached hydrogens (primary N) is 1. The molecule has 2 unspecified atom stereocenters. The zero-order valence-electron chi connectivity index (χ0n) is 10.3. The van der Waals surface area contributed by atoms with Crippen molar-refractivity contribution >= 4 is 45.6 Å². The first-order chi connectivity index (χ1) is 8.72. The van der Waals surface area contributed by atoms with Gasteiger partial charge in [0.25, 0.3) is 0 Å². The van der Waals surface area contributed by atoms with Gasteiger partial charge in [0.2, 0.25) is 5.91 Å². The van der Waals surface area contributed by atoms with E-state index in [1.807, 2.05) is 23.7 Å². The summed E-state index contributed by atoms with van der Waals surface area (Å²) in [6.07, 6.45) is 2.64. The van der Waals surface area contributed by atoms with Gasteiger partial charge in [0.1, 0.15) is 0 Å². The number of hydrogen-bond acceptors (Lipinski definition) is 4. The lowest BCUT2D eigenvalue weighted by Gasteiger charge is -2.10. The Morgan fingerprint density at radius 3 is 3.00 bits per heavy atom. The second-order valence-corrected chi connectivity index (χ2v) is 5.68. The third-order valence-electron chi connectivity index (χ3n) is 3.44. The Bertz CT molecular complexity index is 586. The van der Waals surface area contributed by atoms with Gasteiger partial charge < -0.3 is 11.1 Å². The lowest BCUT2D eigenvalue weighted by atomic mass is 10.1. The fraction of sp³-hybridized carbons (Fsp3) is 0.385. The van der Waals surface area contributed by atoms with Crippen LogP contribution < -0.4 is 11.1 Å². The molecule has 3 rings (SSSR count). The minimum absolute atomic E-state index is 0. The van der Waals surface area contributed by atoms with Crippen molar-refractivity contribution < 1.29 is 4.79 Å². The average Bonchev–Trinajstić information content (AvgIpc) is 2.96. The van der Waals surface area contributed by atoms with E-state index >= 15 is 0 Å². The largest absolute Gasteiger partial charge is 0.328 e. The minimum Gasteiger partial charge on any atom is -0.328 e. The molecule has 102 valence electrons. The summed E-state index contributed by atoms with van der Waals surface area (Å²) < 4.78 is 1.14. The number of nitrogens with zero attached hydrogens (tertiary/aromatic N) is 1. The summed E-state index contributed by atoms with van der Waals surface area (Å²) in [7, 11) is 0. The van der Waals surface area contributed by atoms with Gasteiger partial charge in [-0.05, 0) is 37.5 Å². The molecule has 0 saturated heterocycles. The van der Waals surface area contributed by atoms with Gasteiger partial charge in [-0.1, -0.05) is 0 Å². The molecular formula is C13H16ClN3OS. The summed E-state index contributed by atoms with van der Waals surface area (Å²) in [6, 6.07) is 6.01. The summed E-state index contributed by atoms with van der Waals surface area (Å²) in [5, 5.41) is 2.96. The zero-order valence-corrected chi connectivity index (χ0v) is 12.0. The van der Waals surface area contributed by atoms with Gasteiger partial charge in [-0.2, -0.15) is 0 Å². The van der Waals surface area contributed by atoms with Crippen LogP contribution in [0.4, 0.5) is 5.69 Å². The molecule has 2 atom stereocenters. The normalized spacial score (nSPS) is 22.2. The van der Waals surface area contributed by atoms with Gasteiger partial charge in [-0.25, -0.2) is 4.98 Å². The number of rotatable bonds is 2. The van der Waals surface area contributed by atoms with Gasteiger partial charge >= 0.3 is 0 Å². The SMILES string of the molecule is Cl.NC1CCC(C(=O)Nc2ccc3scnc3c2)C1. The molecular weight excluding hydrogens is 282 g/mol. The highest BCUT2D eigenvalue weighted by Crippen LogP contribution is 2.26. The molecule has 2 aromatic rings. The molecule has 0 aliphatic heterocycles. The fourth-order valence-corrected chi connectivity index (χ4v) is 3.09. The van der Waals surface area contributed by atoms with Crippen molar-refractivity contribution in [3.05, 3.63) is 23.7 Å². The lowest BCUT2D eigenvalue weighted by Crippen LogP contribution is -2.23. The van der Waals surface area contributed by atoms with E-state index in [1.54, 1.807) is 11.3 Å². The van der Waals surface area contributed by atoms with E-state index in [9.17, 15) is 4.79 Å². The van der Waals surface area contributed by atoms with Crippen LogP contribution in [-0.4, -0.2) is 16.9 Å². The monoisotopic (exact) mass is 297 g/mol. The number of nitrogens with one attached hydrogen (secondary N) is 1. The Hall–Kier alpha value is -1.17. The molecule has 1 aliphatic rings. The zero-order chi connectivity index (χ0) is 12.5. The number of thiazole rings is 1. The molecule has 1 heterocycles. The van der Waals surface area contributed by atoms with Crippen molar-refractivity contribution in [2.24, 2.45) is 11.7 Å². The van der Waals surface area contributed by atoms with Crippen LogP contribution >= 0.6 is 23.7 Å². The van der Waals surface area contributed by atoms with Gasteiger partial charge in [0.15, 0.2) is 0 Å². The molecule has 0 spiro atoms. The molecule has 0 radical (unpaired) electrons. The number of anilines is 1. The first-order valence-electron chi connectivity index (χ1n) is 6.12. The Kier molecular flexibility index (Phi) is 4.39. The average molecular weight is 298 g/mol. The molecule has 1 aromatic carbocycles. The third-order valence-corrected chi connectivity index (χ3v) is 4.25. The fourth-order valence-electron chi connectivity index (χ4n) is 2.43. The number of fused-ring (bicyclic) bond motifs is 1. The number of carbonyl (C=O) groups is 1. The second kappa shape index (κ2) is 5.86. The molecule has 1 amide bonds. The minimum atomic E-state index is 0. The van der Waals surface area contributed by atoms with E-state index in [0.29, 0.717) is 0 Å². The first kappa shape index (κ1) is 14.2. The maximum Gasteiger partial charge on any atom is 0.227 e. The van der Waals surface area contributed by atoms with Crippen LogP contribution in [0.25, 0.3) is 10.2 Å². The Morgan fingerprint density at radius 2 is 2.26 bits per heavy atom. The molecule has 6 heteroatoms. The van der Waals surface area contributed by atoms with E-state index in [-0.39, 0.29) is 30.3 Å². The molecule has 0 bridgehead atoms. The van der Waals surface area contributed by atoms with Gasteiger partial charge in [-0.3, -0.25) is 4.79 Å². The van der Waals surface area contributed by atoms with Gasteiger partial charge in [-0.15, -0.1) is 23.7 Å². The Morgan fingerprint density at radius 1 is 1.42 bits per heavy atom. The Labute approximate surface area is 121 Å². The van der Waals surface area contributed by atoms with Gasteiger partial charge in [0, 0.05) is 17.6 Å². The van der Waals surface area contributed by atoms with E-state index in [2.05, 4.69) is 10.3 Å². The van der Waals surface area contributed by atoms with E-state index in [4.69, 9.17) is 5.73 Å². The molecule has 1 aliphatic carbocycles. The standard InChI is InChI=1S/C13H15N3OS.ClH/c14-9-2-1-8(5-9)13(17)16-10-3-4-12-11(6-10)15-7-18-12;/h3-4,6-9H,1-2,5,14H2,(H,16,17);1H. The van der Waals surface area contributed by atoms with Crippen LogP contribution in [0.15, 0.2) is 23.7 Å². The summed E-state index contributed by atoms with van der Waals surface area (Å²) >= 11 is 1.60. The van der Waals surface area contributed by atoms with Crippen molar-refractivity contribution in [2.75, 3.05) is 5.32 Å². The number of benzene rings is 1. The van der Waals surface area contributed by atoms with Crippen molar-refractivity contribution in [1.82, 2.24) is 4.98 Å². The van der Waals surface area contributed by atoms with Crippen molar-refractivity contribution in [2.45, 2.75) is 25.3 Å². The third kappa shape index (κ3) is 3.05. The first-order valence-corrected chi connectivity index (χ1v) is 7.00. The number of hydrogen-bond donors (Lipinski definition) is 2. The molecule has 3 N–H and O–H groups in total. The predicted molar refractivity (Wildman–Crippen MR) is 80.8 cm³/mol. The van der Waals surface area contributed by atoms with Crippen LogP contribution in [-0.2, 0) is 4.79 Å². The maximum atomic E-state index is 12.1. The molecule has 4 nitrogen and oxygen atoms in total. The summed E-state index contributed by atoms with van der Waals surface area (Å²) in [6.45, 7) is 0. The maximum absolute atomic E-state index is 12.1. The highest BCUT2D eigenvalue weighted by Gasteiger charge is 2.27. The summed E-state index contributed by atoms with van der Waals surface area (Å²) in [5.74, 6) is 0.142. The summed E-state index contributed by atoms with van der Waals surface area (Å²) in [5.41, 5.74) is 9.39. The number of aromatic nitrogens is 1. The highest BCUT2D eigenvalue weighted by molar-refractivity contribution is 7.16. The number of halogens is 1. The Balaban J connectivity index is 0.00000133. The molecule has 19 heavy (non-hydrogen) atoms. The number of amides is 1. The summed E-state index contributed by atoms with van der Waals surface area (Å²) in [4.78, 5) is 16.3. The predicted octanol–water partition coefficient (Wildman–Crippen LogP) is 2.78. The lowest BCUT2D eigenvalue weighted by molar-refractivity contribution is -0.119. The van der Waals surface area contributed by atoms with Crippen molar-refractivity contribution in [1.29, 1.82) is 0 Å². The van der Waals surface area contributed by atoms with Crippen LogP contribution in [0.3, 0.4) is 0 Å². The molecule has 1 aromatic heterocycles. The van der Waals surface area contributed by atoms with E-state index < -0.39 is 0 Å². The van der Waals surface area contributed by atoms with Gasteiger partial charge in [0.05, 0.1) is 15.7 Å². The number of carbonyl (C=O) groups excluding carboxylic acids is 1. The van der Waals surface area contributed by atoms with E-state index in [1.165, 1.54) is 0 Å². The van der Waals surface area contributed by atoms with Crippen LogP contribution in [0.1, 0.15) is 19.3 Å². The van der Waals surface area contributed by atoms with Crippen LogP contribution in [0, 0.1) is 5.92 Å². The smallest absolute Gasteiger partial charge is 0.227 e. The second-order valence-electron chi connectivity index (χ2n) is 4.79.